The number of carbonyl (C=O) groups is 2. The summed E-state index contributed by atoms with van der Waals surface area (Å²) in [5, 5.41) is 0. The molecule has 4 heteroatoms. The Bertz CT molecular complexity index is 494. The minimum atomic E-state index is -1.18. The minimum absolute atomic E-state index is 0.0963. The molecule has 0 amide bonds. The standard InChI is InChI=1S/C15H16O4/c1-3-9-19-14(17)15(13(16)18-2)10-12(15)11-7-5-4-6-8-11/h3-8,12H,1,9-10H2,2H3/t12-,15+/m0/s1. The van der Waals surface area contributed by atoms with Crippen molar-refractivity contribution in [3.8, 4) is 0 Å². The van der Waals surface area contributed by atoms with Crippen LogP contribution in [0.2, 0.25) is 0 Å². The Morgan fingerprint density at radius 2 is 2.05 bits per heavy atom. The van der Waals surface area contributed by atoms with Gasteiger partial charge in [0.05, 0.1) is 7.11 Å². The highest BCUT2D eigenvalue weighted by atomic mass is 16.6. The molecule has 4 nitrogen and oxygen atoms in total. The highest BCUT2D eigenvalue weighted by Gasteiger charge is 2.68. The lowest BCUT2D eigenvalue weighted by atomic mass is 9.99. The average Bonchev–Trinajstić information content (AvgIpc) is 3.21. The number of hydrogen-bond donors (Lipinski definition) is 0. The molecular weight excluding hydrogens is 244 g/mol. The number of benzene rings is 1. The van der Waals surface area contributed by atoms with E-state index in [1.165, 1.54) is 13.2 Å². The van der Waals surface area contributed by atoms with Gasteiger partial charge in [0.25, 0.3) is 0 Å². The number of esters is 2. The normalized spacial score (nSPS) is 24.4. The fraction of sp³-hybridized carbons (Fsp3) is 0.333. The number of rotatable bonds is 5. The van der Waals surface area contributed by atoms with Crippen LogP contribution < -0.4 is 0 Å². The molecule has 0 heterocycles. The second kappa shape index (κ2) is 5.26. The Morgan fingerprint density at radius 3 is 2.63 bits per heavy atom. The van der Waals surface area contributed by atoms with E-state index < -0.39 is 17.4 Å². The van der Waals surface area contributed by atoms with Gasteiger partial charge in [-0.05, 0) is 12.0 Å². The summed E-state index contributed by atoms with van der Waals surface area (Å²) in [6.45, 7) is 3.58. The second-order valence-electron chi connectivity index (χ2n) is 4.52. The van der Waals surface area contributed by atoms with Crippen LogP contribution in [0.4, 0.5) is 0 Å². The second-order valence-corrected chi connectivity index (χ2v) is 4.52. The molecule has 2 rings (SSSR count). The molecule has 0 N–H and O–H groups in total. The van der Waals surface area contributed by atoms with Crippen LogP contribution in [-0.2, 0) is 19.1 Å². The molecule has 1 fully saturated rings. The highest BCUT2D eigenvalue weighted by Crippen LogP contribution is 2.60. The molecule has 100 valence electrons. The van der Waals surface area contributed by atoms with Crippen molar-refractivity contribution in [1.29, 1.82) is 0 Å². The molecular formula is C15H16O4. The third-order valence-corrected chi connectivity index (χ3v) is 3.41. The van der Waals surface area contributed by atoms with E-state index in [-0.39, 0.29) is 12.5 Å². The maximum absolute atomic E-state index is 12.1. The van der Waals surface area contributed by atoms with Gasteiger partial charge in [-0.1, -0.05) is 43.0 Å². The van der Waals surface area contributed by atoms with Gasteiger partial charge in [0.15, 0.2) is 5.41 Å². The van der Waals surface area contributed by atoms with E-state index in [4.69, 9.17) is 9.47 Å². The van der Waals surface area contributed by atoms with Gasteiger partial charge < -0.3 is 9.47 Å². The van der Waals surface area contributed by atoms with E-state index in [1.807, 2.05) is 30.3 Å². The first-order chi connectivity index (χ1) is 9.16. The summed E-state index contributed by atoms with van der Waals surface area (Å²) in [7, 11) is 1.28. The fourth-order valence-electron chi connectivity index (χ4n) is 2.33. The van der Waals surface area contributed by atoms with Crippen molar-refractivity contribution in [2.45, 2.75) is 12.3 Å². The summed E-state index contributed by atoms with van der Waals surface area (Å²) < 4.78 is 9.80. The zero-order valence-corrected chi connectivity index (χ0v) is 10.8. The van der Waals surface area contributed by atoms with Gasteiger partial charge in [-0.2, -0.15) is 0 Å². The van der Waals surface area contributed by atoms with Gasteiger partial charge in [-0.15, -0.1) is 0 Å². The van der Waals surface area contributed by atoms with E-state index in [0.717, 1.165) is 5.56 Å². The summed E-state index contributed by atoms with van der Waals surface area (Å²) in [6.07, 6.45) is 1.91. The fourth-order valence-corrected chi connectivity index (χ4v) is 2.33. The molecule has 0 bridgehead atoms. The van der Waals surface area contributed by atoms with E-state index in [9.17, 15) is 9.59 Å². The Morgan fingerprint density at radius 1 is 1.37 bits per heavy atom. The highest BCUT2D eigenvalue weighted by molar-refractivity contribution is 6.05. The molecule has 0 saturated heterocycles. The summed E-state index contributed by atoms with van der Waals surface area (Å²) in [4.78, 5) is 24.0. The molecule has 1 saturated carbocycles. The minimum Gasteiger partial charge on any atom is -0.468 e. The molecule has 2 atom stereocenters. The smallest absolute Gasteiger partial charge is 0.324 e. The first-order valence-corrected chi connectivity index (χ1v) is 6.08. The Balaban J connectivity index is 2.23. The third kappa shape index (κ3) is 2.26. The van der Waals surface area contributed by atoms with Gasteiger partial charge in [0, 0.05) is 5.92 Å². The predicted molar refractivity (Wildman–Crippen MR) is 69.4 cm³/mol. The van der Waals surface area contributed by atoms with E-state index in [0.29, 0.717) is 6.42 Å². The first kappa shape index (κ1) is 13.3. The van der Waals surface area contributed by atoms with Crippen molar-refractivity contribution < 1.29 is 19.1 Å². The van der Waals surface area contributed by atoms with E-state index >= 15 is 0 Å². The number of carbonyl (C=O) groups excluding carboxylic acids is 2. The van der Waals surface area contributed by atoms with E-state index in [1.54, 1.807) is 0 Å². The number of methoxy groups -OCH3 is 1. The number of ether oxygens (including phenoxy) is 2. The van der Waals surface area contributed by atoms with Crippen molar-refractivity contribution >= 4 is 11.9 Å². The van der Waals surface area contributed by atoms with Crippen molar-refractivity contribution in [3.63, 3.8) is 0 Å². The van der Waals surface area contributed by atoms with Crippen LogP contribution in [0.1, 0.15) is 17.9 Å². The molecule has 19 heavy (non-hydrogen) atoms. The number of hydrogen-bond acceptors (Lipinski definition) is 4. The summed E-state index contributed by atoms with van der Waals surface area (Å²) in [5.41, 5.74) is -0.234. The van der Waals surface area contributed by atoms with Gasteiger partial charge in [0.1, 0.15) is 6.61 Å². The van der Waals surface area contributed by atoms with Crippen LogP contribution in [-0.4, -0.2) is 25.7 Å². The summed E-state index contributed by atoms with van der Waals surface area (Å²) >= 11 is 0. The monoisotopic (exact) mass is 260 g/mol. The van der Waals surface area contributed by atoms with Crippen LogP contribution in [0.3, 0.4) is 0 Å². The zero-order valence-electron chi connectivity index (χ0n) is 10.8. The summed E-state index contributed by atoms with van der Waals surface area (Å²) in [6, 6.07) is 9.45. The van der Waals surface area contributed by atoms with Crippen LogP contribution >= 0.6 is 0 Å². The summed E-state index contributed by atoms with van der Waals surface area (Å²) in [5.74, 6) is -1.23. The van der Waals surface area contributed by atoms with Gasteiger partial charge >= 0.3 is 11.9 Å². The van der Waals surface area contributed by atoms with Crippen molar-refractivity contribution in [2.24, 2.45) is 5.41 Å². The Kier molecular flexibility index (Phi) is 3.69. The maximum Gasteiger partial charge on any atom is 0.324 e. The van der Waals surface area contributed by atoms with Crippen molar-refractivity contribution in [1.82, 2.24) is 0 Å². The average molecular weight is 260 g/mol. The van der Waals surface area contributed by atoms with E-state index in [2.05, 4.69) is 6.58 Å². The zero-order chi connectivity index (χ0) is 13.9. The van der Waals surface area contributed by atoms with Crippen molar-refractivity contribution in [3.05, 3.63) is 48.6 Å². The molecule has 1 aliphatic carbocycles. The van der Waals surface area contributed by atoms with Gasteiger partial charge in [0.2, 0.25) is 0 Å². The molecule has 0 aromatic heterocycles. The predicted octanol–water partition coefficient (Wildman–Crippen LogP) is 2.06. The molecule has 0 unspecified atom stereocenters. The molecule has 0 radical (unpaired) electrons. The maximum atomic E-state index is 12.1. The third-order valence-electron chi connectivity index (χ3n) is 3.41. The molecule has 1 aromatic rings. The first-order valence-electron chi connectivity index (χ1n) is 6.08. The molecule has 0 spiro atoms. The van der Waals surface area contributed by atoms with Crippen LogP contribution in [0, 0.1) is 5.41 Å². The SMILES string of the molecule is C=CCOC(=O)[C@]1(C(=O)OC)C[C@H]1c1ccccc1. The van der Waals surface area contributed by atoms with Gasteiger partial charge in [-0.25, -0.2) is 0 Å². The lowest BCUT2D eigenvalue weighted by molar-refractivity contribution is -0.162. The molecule has 1 aromatic carbocycles. The topological polar surface area (TPSA) is 52.6 Å². The molecule has 0 aliphatic heterocycles. The largest absolute Gasteiger partial charge is 0.468 e. The van der Waals surface area contributed by atoms with Crippen molar-refractivity contribution in [2.75, 3.05) is 13.7 Å². The van der Waals surface area contributed by atoms with Crippen LogP contribution in [0.25, 0.3) is 0 Å². The van der Waals surface area contributed by atoms with Gasteiger partial charge in [-0.3, -0.25) is 9.59 Å². The quantitative estimate of drug-likeness (QED) is 0.462. The lowest BCUT2D eigenvalue weighted by Crippen LogP contribution is -2.30. The lowest BCUT2D eigenvalue weighted by Gasteiger charge is -2.13. The molecule has 1 aliphatic rings. The Hall–Kier alpha value is -2.10. The van der Waals surface area contributed by atoms with Crippen LogP contribution in [0.15, 0.2) is 43.0 Å². The van der Waals surface area contributed by atoms with Crippen LogP contribution in [0.5, 0.6) is 0 Å². The Labute approximate surface area is 112 Å².